The zero-order chi connectivity index (χ0) is 9.78. The Kier molecular flexibility index (Phi) is 4.17. The monoisotopic (exact) mass is 194 g/mol. The molecule has 0 spiro atoms. The quantitative estimate of drug-likeness (QED) is 0.457. The van der Waals surface area contributed by atoms with Crippen LogP contribution in [0.4, 0.5) is 0 Å². The summed E-state index contributed by atoms with van der Waals surface area (Å²) in [4.78, 5) is 27.4. The predicted molar refractivity (Wildman–Crippen MR) is 42.7 cm³/mol. The van der Waals surface area contributed by atoms with Crippen molar-refractivity contribution in [3.05, 3.63) is 11.4 Å². The van der Waals surface area contributed by atoms with Gasteiger partial charge in [0.05, 0.1) is 0 Å². The van der Waals surface area contributed by atoms with Crippen molar-refractivity contribution in [3.63, 3.8) is 0 Å². The highest BCUT2D eigenvalue weighted by Crippen LogP contribution is 2.45. The van der Waals surface area contributed by atoms with Crippen LogP contribution in [0.2, 0.25) is 0 Å². The number of rotatable bonds is 4. The average molecular weight is 194 g/mol. The molecule has 3 N–H and O–H groups in total. The molecule has 0 bridgehead atoms. The Morgan fingerprint density at radius 3 is 2.25 bits per heavy atom. The standard InChI is InChI=1S/C6H11O5P/c1-2-3-4-5(6(7)8)12(9,10)11/h4H,2-3H2,1H3,(H,7,8)(H2,9,10,11). The summed E-state index contributed by atoms with van der Waals surface area (Å²) in [5.41, 5.74) is 0. The molecule has 0 aliphatic rings. The van der Waals surface area contributed by atoms with E-state index < -0.39 is 18.9 Å². The van der Waals surface area contributed by atoms with E-state index in [9.17, 15) is 9.36 Å². The van der Waals surface area contributed by atoms with Gasteiger partial charge in [-0.05, 0) is 6.42 Å². The van der Waals surface area contributed by atoms with Gasteiger partial charge in [0.15, 0.2) is 0 Å². The van der Waals surface area contributed by atoms with E-state index in [0.717, 1.165) is 6.08 Å². The van der Waals surface area contributed by atoms with Crippen LogP contribution in [0, 0.1) is 0 Å². The lowest BCUT2D eigenvalue weighted by Crippen LogP contribution is -2.01. The molecule has 0 aromatic carbocycles. The largest absolute Gasteiger partial charge is 0.477 e. The van der Waals surface area contributed by atoms with Crippen molar-refractivity contribution >= 4 is 13.6 Å². The smallest absolute Gasteiger partial charge is 0.363 e. The van der Waals surface area contributed by atoms with Gasteiger partial charge < -0.3 is 14.9 Å². The number of hydrogen-bond donors (Lipinski definition) is 3. The van der Waals surface area contributed by atoms with Gasteiger partial charge >= 0.3 is 13.6 Å². The fraction of sp³-hybridized carbons (Fsp3) is 0.500. The second-order valence-corrected chi connectivity index (χ2v) is 3.80. The molecule has 70 valence electrons. The first kappa shape index (κ1) is 11.4. The number of aliphatic carboxylic acids is 1. The minimum Gasteiger partial charge on any atom is -0.477 e. The first-order chi connectivity index (χ1) is 5.39. The lowest BCUT2D eigenvalue weighted by molar-refractivity contribution is -0.132. The Balaban J connectivity index is 4.68. The fourth-order valence-electron chi connectivity index (χ4n) is 0.612. The van der Waals surface area contributed by atoms with Crippen molar-refractivity contribution in [1.29, 1.82) is 0 Å². The summed E-state index contributed by atoms with van der Waals surface area (Å²) in [6.45, 7) is 1.79. The third-order valence-corrected chi connectivity index (χ3v) is 2.16. The van der Waals surface area contributed by atoms with Crippen LogP contribution in [0.15, 0.2) is 11.4 Å². The minimum atomic E-state index is -4.60. The third kappa shape index (κ3) is 3.67. The lowest BCUT2D eigenvalue weighted by Gasteiger charge is -2.03. The van der Waals surface area contributed by atoms with Crippen molar-refractivity contribution in [2.75, 3.05) is 0 Å². The second-order valence-electron chi connectivity index (χ2n) is 2.23. The van der Waals surface area contributed by atoms with Gasteiger partial charge in [-0.2, -0.15) is 0 Å². The molecule has 0 aromatic rings. The van der Waals surface area contributed by atoms with E-state index >= 15 is 0 Å². The molecule has 0 unspecified atom stereocenters. The van der Waals surface area contributed by atoms with E-state index in [0.29, 0.717) is 12.8 Å². The van der Waals surface area contributed by atoms with Crippen LogP contribution in [0.3, 0.4) is 0 Å². The number of unbranched alkanes of at least 4 members (excludes halogenated alkanes) is 1. The van der Waals surface area contributed by atoms with Crippen LogP contribution in [0.25, 0.3) is 0 Å². The van der Waals surface area contributed by atoms with Crippen LogP contribution >= 0.6 is 7.60 Å². The molecule has 0 aliphatic heterocycles. The molecule has 0 aromatic heterocycles. The molecule has 0 aliphatic carbocycles. The predicted octanol–water partition coefficient (Wildman–Crippen LogP) is 0.933. The summed E-state index contributed by atoms with van der Waals surface area (Å²) in [5, 5.41) is 7.56. The van der Waals surface area contributed by atoms with E-state index in [4.69, 9.17) is 14.9 Å². The Morgan fingerprint density at radius 1 is 1.50 bits per heavy atom. The van der Waals surface area contributed by atoms with Gasteiger partial charge in [0, 0.05) is 0 Å². The van der Waals surface area contributed by atoms with Crippen LogP contribution in [-0.2, 0) is 9.36 Å². The van der Waals surface area contributed by atoms with Crippen LogP contribution in [0.1, 0.15) is 19.8 Å². The molecule has 0 rings (SSSR count). The zero-order valence-electron chi connectivity index (χ0n) is 6.60. The summed E-state index contributed by atoms with van der Waals surface area (Å²) >= 11 is 0. The van der Waals surface area contributed by atoms with Crippen molar-refractivity contribution < 1.29 is 24.3 Å². The number of carboxylic acids is 1. The van der Waals surface area contributed by atoms with Gasteiger partial charge in [0.2, 0.25) is 0 Å². The second kappa shape index (κ2) is 4.40. The number of hydrogen-bond acceptors (Lipinski definition) is 2. The molecule has 0 fully saturated rings. The maximum absolute atomic E-state index is 10.5. The number of allylic oxidation sites excluding steroid dienone is 1. The Hall–Kier alpha value is -0.640. The third-order valence-electron chi connectivity index (χ3n) is 1.16. The highest BCUT2D eigenvalue weighted by atomic mass is 31.2. The minimum absolute atomic E-state index is 0.354. The van der Waals surface area contributed by atoms with Gasteiger partial charge in [-0.15, -0.1) is 0 Å². The fourth-order valence-corrected chi connectivity index (χ4v) is 1.23. The van der Waals surface area contributed by atoms with Crippen molar-refractivity contribution in [3.8, 4) is 0 Å². The molecule has 0 heterocycles. The molecule has 0 saturated carbocycles. The highest BCUT2D eigenvalue weighted by Gasteiger charge is 2.26. The SMILES string of the molecule is CCCC=C(C(=O)O)P(=O)(O)O. The molecule has 5 nitrogen and oxygen atoms in total. The maximum Gasteiger partial charge on any atom is 0.363 e. The van der Waals surface area contributed by atoms with E-state index in [1.165, 1.54) is 0 Å². The average Bonchev–Trinajstić information content (AvgIpc) is 1.84. The normalized spacial score (nSPS) is 13.1. The molecular weight excluding hydrogens is 183 g/mol. The van der Waals surface area contributed by atoms with E-state index in [2.05, 4.69) is 0 Å². The molecular formula is C6H11O5P. The van der Waals surface area contributed by atoms with Crippen LogP contribution in [0.5, 0.6) is 0 Å². The molecule has 0 radical (unpaired) electrons. The summed E-state index contributed by atoms with van der Waals surface area (Å²) in [6.07, 6.45) is 2.06. The number of carboxylic acid groups (broad SMARTS) is 1. The Bertz CT molecular complexity index is 238. The summed E-state index contributed by atoms with van der Waals surface area (Å²) in [6, 6.07) is 0. The van der Waals surface area contributed by atoms with Crippen molar-refractivity contribution in [2.45, 2.75) is 19.8 Å². The van der Waals surface area contributed by atoms with Gasteiger partial charge in [0.1, 0.15) is 5.31 Å². The zero-order valence-corrected chi connectivity index (χ0v) is 7.49. The van der Waals surface area contributed by atoms with E-state index in [1.807, 2.05) is 0 Å². The van der Waals surface area contributed by atoms with Gasteiger partial charge in [0.25, 0.3) is 0 Å². The lowest BCUT2D eigenvalue weighted by atomic mass is 10.3. The van der Waals surface area contributed by atoms with Gasteiger partial charge in [-0.1, -0.05) is 19.4 Å². The van der Waals surface area contributed by atoms with Crippen LogP contribution < -0.4 is 0 Å². The molecule has 6 heteroatoms. The van der Waals surface area contributed by atoms with E-state index in [-0.39, 0.29) is 0 Å². The Morgan fingerprint density at radius 2 is 2.00 bits per heavy atom. The van der Waals surface area contributed by atoms with Crippen molar-refractivity contribution in [1.82, 2.24) is 0 Å². The molecule has 0 saturated heterocycles. The summed E-state index contributed by atoms with van der Waals surface area (Å²) in [5.74, 6) is -1.56. The van der Waals surface area contributed by atoms with Gasteiger partial charge in [-0.3, -0.25) is 4.57 Å². The first-order valence-electron chi connectivity index (χ1n) is 3.39. The maximum atomic E-state index is 10.5. The molecule has 0 amide bonds. The molecule has 0 atom stereocenters. The first-order valence-corrected chi connectivity index (χ1v) is 5.00. The van der Waals surface area contributed by atoms with Crippen LogP contribution in [-0.4, -0.2) is 20.9 Å². The van der Waals surface area contributed by atoms with Gasteiger partial charge in [-0.25, -0.2) is 4.79 Å². The Labute approximate surface area is 69.9 Å². The highest BCUT2D eigenvalue weighted by molar-refractivity contribution is 7.57. The van der Waals surface area contributed by atoms with Crippen molar-refractivity contribution in [2.24, 2.45) is 0 Å². The summed E-state index contributed by atoms with van der Waals surface area (Å²) < 4.78 is 10.5. The summed E-state index contributed by atoms with van der Waals surface area (Å²) in [7, 11) is -4.60. The topological polar surface area (TPSA) is 94.8 Å². The number of carbonyl (C=O) groups is 1. The van der Waals surface area contributed by atoms with E-state index in [1.54, 1.807) is 6.92 Å². The molecule has 12 heavy (non-hydrogen) atoms.